The van der Waals surface area contributed by atoms with Crippen LogP contribution in [0.4, 0.5) is 5.69 Å². The van der Waals surface area contributed by atoms with Gasteiger partial charge in [-0.05, 0) is 74.7 Å². The maximum atomic E-state index is 13.9. The molecule has 1 N–H and O–H groups in total. The summed E-state index contributed by atoms with van der Waals surface area (Å²) in [6, 6.07) is 22.7. The summed E-state index contributed by atoms with van der Waals surface area (Å²) < 4.78 is 31.8. The van der Waals surface area contributed by atoms with Crippen molar-refractivity contribution in [1.29, 1.82) is 0 Å². The molecule has 2 amide bonds. The average molecular weight is 614 g/mol. The van der Waals surface area contributed by atoms with Crippen LogP contribution in [0.15, 0.2) is 78.9 Å². The highest BCUT2D eigenvalue weighted by Crippen LogP contribution is 2.23. The van der Waals surface area contributed by atoms with E-state index in [1.165, 1.54) is 4.31 Å². The number of ether oxygens (including phenoxy) is 1. The van der Waals surface area contributed by atoms with E-state index in [-0.39, 0.29) is 37.7 Å². The summed E-state index contributed by atoms with van der Waals surface area (Å²) in [4.78, 5) is 29.3. The van der Waals surface area contributed by atoms with E-state index in [0.717, 1.165) is 17.4 Å². The first-order valence-electron chi connectivity index (χ1n) is 13.8. The highest BCUT2D eigenvalue weighted by atomic mass is 35.5. The summed E-state index contributed by atoms with van der Waals surface area (Å²) >= 11 is 5.99. The molecule has 1 unspecified atom stereocenters. The lowest BCUT2D eigenvalue weighted by Crippen LogP contribution is -2.54. The lowest BCUT2D eigenvalue weighted by molar-refractivity contribution is -0.142. The Morgan fingerprint density at radius 2 is 1.60 bits per heavy atom. The number of sulfonamides is 1. The molecule has 10 heteroatoms. The number of hydrogen-bond acceptors (Lipinski definition) is 5. The van der Waals surface area contributed by atoms with Crippen molar-refractivity contribution >= 4 is 39.1 Å². The molecule has 0 fully saturated rings. The van der Waals surface area contributed by atoms with Gasteiger partial charge in [0.15, 0.2) is 0 Å². The number of hydrogen-bond donors (Lipinski definition) is 1. The molecule has 0 spiro atoms. The summed E-state index contributed by atoms with van der Waals surface area (Å²) in [5.41, 5.74) is 1.68. The minimum Gasteiger partial charge on any atom is -0.497 e. The van der Waals surface area contributed by atoms with Gasteiger partial charge < -0.3 is 15.0 Å². The number of amides is 2. The van der Waals surface area contributed by atoms with E-state index in [0.29, 0.717) is 22.9 Å². The number of nitrogens with one attached hydrogen (secondary N) is 1. The van der Waals surface area contributed by atoms with Crippen LogP contribution in [0.2, 0.25) is 5.02 Å². The molecule has 0 heterocycles. The summed E-state index contributed by atoms with van der Waals surface area (Å²) in [5.74, 6) is 0.124. The Morgan fingerprint density at radius 1 is 0.952 bits per heavy atom. The highest BCUT2D eigenvalue weighted by molar-refractivity contribution is 7.92. The lowest BCUT2D eigenvalue weighted by Gasteiger charge is -2.34. The van der Waals surface area contributed by atoms with Gasteiger partial charge in [-0.2, -0.15) is 0 Å². The standard InChI is InChI=1S/C32H40ClN3O5S/c1-32(2,3)34-31(38)29(22-24-11-7-6-8-12-24)35(23-25-13-9-14-28(21-25)41-4)30(37)15-10-20-36(42(5,39)40)27-18-16-26(33)17-19-27/h6-9,11-14,16-19,21,29H,10,15,20,22-23H2,1-5H3,(H,34,38). The maximum Gasteiger partial charge on any atom is 0.243 e. The molecule has 0 bridgehead atoms. The van der Waals surface area contributed by atoms with Crippen LogP contribution < -0.4 is 14.4 Å². The van der Waals surface area contributed by atoms with Gasteiger partial charge in [-0.3, -0.25) is 13.9 Å². The SMILES string of the molecule is COc1cccc(CN(C(=O)CCCN(c2ccc(Cl)cc2)S(C)(=O)=O)C(Cc2ccccc2)C(=O)NC(C)(C)C)c1. The first-order chi connectivity index (χ1) is 19.8. The maximum absolute atomic E-state index is 13.9. The monoisotopic (exact) mass is 613 g/mol. The minimum absolute atomic E-state index is 0.0394. The van der Waals surface area contributed by atoms with Gasteiger partial charge in [0.1, 0.15) is 11.8 Å². The molecule has 0 aliphatic heterocycles. The summed E-state index contributed by atoms with van der Waals surface area (Å²) in [5, 5.41) is 3.54. The topological polar surface area (TPSA) is 96.0 Å². The molecule has 42 heavy (non-hydrogen) atoms. The van der Waals surface area contributed by atoms with Crippen LogP contribution in [-0.4, -0.2) is 56.6 Å². The van der Waals surface area contributed by atoms with Gasteiger partial charge in [0.25, 0.3) is 0 Å². The number of rotatable bonds is 13. The smallest absolute Gasteiger partial charge is 0.243 e. The van der Waals surface area contributed by atoms with Crippen molar-refractivity contribution in [1.82, 2.24) is 10.2 Å². The Labute approximate surface area is 254 Å². The van der Waals surface area contributed by atoms with Crippen LogP contribution in [0, 0.1) is 0 Å². The fourth-order valence-electron chi connectivity index (χ4n) is 4.59. The zero-order chi connectivity index (χ0) is 30.9. The van der Waals surface area contributed by atoms with Gasteiger partial charge in [-0.15, -0.1) is 0 Å². The molecule has 0 saturated carbocycles. The Balaban J connectivity index is 1.91. The predicted molar refractivity (Wildman–Crippen MR) is 168 cm³/mol. The highest BCUT2D eigenvalue weighted by Gasteiger charge is 2.32. The summed E-state index contributed by atoms with van der Waals surface area (Å²) in [7, 11) is -2.03. The van der Waals surface area contributed by atoms with E-state index in [1.807, 2.05) is 75.4 Å². The number of benzene rings is 3. The van der Waals surface area contributed by atoms with Crippen LogP contribution in [0.25, 0.3) is 0 Å². The molecule has 1 atom stereocenters. The van der Waals surface area contributed by atoms with Crippen molar-refractivity contribution in [3.63, 3.8) is 0 Å². The molecule has 0 aliphatic carbocycles. The normalized spacial score (nSPS) is 12.3. The molecule has 0 aliphatic rings. The van der Waals surface area contributed by atoms with E-state index < -0.39 is 21.6 Å². The first kappa shape index (κ1) is 32.9. The van der Waals surface area contributed by atoms with Gasteiger partial charge in [0.05, 0.1) is 19.1 Å². The molecular formula is C32H40ClN3O5S. The zero-order valence-corrected chi connectivity index (χ0v) is 26.4. The first-order valence-corrected chi connectivity index (χ1v) is 16.0. The van der Waals surface area contributed by atoms with Gasteiger partial charge in [-0.1, -0.05) is 54.1 Å². The number of carbonyl (C=O) groups is 2. The second-order valence-electron chi connectivity index (χ2n) is 11.2. The third-order valence-electron chi connectivity index (χ3n) is 6.52. The molecule has 3 rings (SSSR count). The average Bonchev–Trinajstić information content (AvgIpc) is 2.92. The van der Waals surface area contributed by atoms with Gasteiger partial charge in [0.2, 0.25) is 21.8 Å². The molecule has 3 aromatic carbocycles. The number of anilines is 1. The number of nitrogens with zero attached hydrogens (tertiary/aromatic N) is 2. The molecule has 0 aromatic heterocycles. The van der Waals surface area contributed by atoms with Crippen molar-refractivity contribution in [3.05, 3.63) is 95.0 Å². The third-order valence-corrected chi connectivity index (χ3v) is 7.97. The Morgan fingerprint density at radius 3 is 2.19 bits per heavy atom. The molecular weight excluding hydrogens is 574 g/mol. The van der Waals surface area contributed by atoms with Crippen molar-refractivity contribution < 1.29 is 22.7 Å². The Hall–Kier alpha value is -3.56. The van der Waals surface area contributed by atoms with Crippen LogP contribution in [0.1, 0.15) is 44.7 Å². The molecule has 8 nitrogen and oxygen atoms in total. The van der Waals surface area contributed by atoms with Gasteiger partial charge in [-0.25, -0.2) is 8.42 Å². The van der Waals surface area contributed by atoms with Gasteiger partial charge >= 0.3 is 0 Å². The molecule has 0 saturated heterocycles. The number of halogens is 1. The number of methoxy groups -OCH3 is 1. The van der Waals surface area contributed by atoms with Crippen molar-refractivity contribution in [3.8, 4) is 5.75 Å². The van der Waals surface area contributed by atoms with Crippen molar-refractivity contribution in [2.75, 3.05) is 24.2 Å². The molecule has 3 aromatic rings. The predicted octanol–water partition coefficient (Wildman–Crippen LogP) is 5.45. The van der Waals surface area contributed by atoms with Crippen LogP contribution in [-0.2, 0) is 32.6 Å². The van der Waals surface area contributed by atoms with E-state index >= 15 is 0 Å². The van der Waals surface area contributed by atoms with E-state index in [9.17, 15) is 18.0 Å². The fraction of sp³-hybridized carbons (Fsp3) is 0.375. The van der Waals surface area contributed by atoms with Crippen molar-refractivity contribution in [2.24, 2.45) is 0 Å². The van der Waals surface area contributed by atoms with Crippen LogP contribution >= 0.6 is 11.6 Å². The second kappa shape index (κ2) is 14.6. The Kier molecular flexibility index (Phi) is 11.4. The lowest BCUT2D eigenvalue weighted by atomic mass is 10.00. The fourth-order valence-corrected chi connectivity index (χ4v) is 5.68. The summed E-state index contributed by atoms with van der Waals surface area (Å²) in [6.07, 6.45) is 1.74. The van der Waals surface area contributed by atoms with Crippen molar-refractivity contribution in [2.45, 2.75) is 58.2 Å². The van der Waals surface area contributed by atoms with E-state index in [4.69, 9.17) is 16.3 Å². The quantitative estimate of drug-likeness (QED) is 0.277. The van der Waals surface area contributed by atoms with E-state index in [2.05, 4.69) is 5.32 Å². The van der Waals surface area contributed by atoms with Crippen LogP contribution in [0.5, 0.6) is 5.75 Å². The molecule has 0 radical (unpaired) electrons. The second-order valence-corrected chi connectivity index (χ2v) is 13.6. The minimum atomic E-state index is -3.61. The number of carbonyl (C=O) groups excluding carboxylic acids is 2. The largest absolute Gasteiger partial charge is 0.497 e. The molecule has 226 valence electrons. The van der Waals surface area contributed by atoms with Gasteiger partial charge in [0, 0.05) is 36.5 Å². The van der Waals surface area contributed by atoms with Crippen LogP contribution in [0.3, 0.4) is 0 Å². The zero-order valence-electron chi connectivity index (χ0n) is 24.8. The summed E-state index contributed by atoms with van der Waals surface area (Å²) in [6.45, 7) is 5.97. The Bertz CT molecular complexity index is 1440. The third kappa shape index (κ3) is 10.1. The van der Waals surface area contributed by atoms with E-state index in [1.54, 1.807) is 36.3 Å².